The maximum atomic E-state index is 12.4. The molecule has 4 rings (SSSR count). The van der Waals surface area contributed by atoms with E-state index in [1.54, 1.807) is 24.3 Å². The molecule has 7 nitrogen and oxygen atoms in total. The van der Waals surface area contributed by atoms with Crippen LogP contribution in [0.2, 0.25) is 0 Å². The van der Waals surface area contributed by atoms with Gasteiger partial charge in [-0.2, -0.15) is 0 Å². The number of guanidine groups is 1. The van der Waals surface area contributed by atoms with Crippen molar-refractivity contribution in [3.63, 3.8) is 0 Å². The van der Waals surface area contributed by atoms with Crippen molar-refractivity contribution in [3.05, 3.63) is 35.4 Å². The van der Waals surface area contributed by atoms with Crippen molar-refractivity contribution >= 4 is 17.8 Å². The fourth-order valence-corrected chi connectivity index (χ4v) is 5.05. The fraction of sp³-hybridized carbons (Fsp3) is 0.625. The maximum absolute atomic E-state index is 12.4. The number of nitrogens with one attached hydrogen (secondary N) is 1. The van der Waals surface area contributed by atoms with Gasteiger partial charge in [0.2, 0.25) is 0 Å². The Kier molecular flexibility index (Phi) is 7.22. The Hall–Kier alpha value is -2.41. The van der Waals surface area contributed by atoms with Crippen LogP contribution < -0.4 is 5.32 Å². The van der Waals surface area contributed by atoms with E-state index in [1.165, 1.54) is 50.2 Å². The molecule has 2 fully saturated rings. The lowest BCUT2D eigenvalue weighted by Crippen LogP contribution is -2.41. The molecule has 1 aromatic carbocycles. The number of hydrogen-bond acceptors (Lipinski definition) is 4. The van der Waals surface area contributed by atoms with Crippen molar-refractivity contribution in [1.29, 1.82) is 0 Å². The summed E-state index contributed by atoms with van der Waals surface area (Å²) >= 11 is 0. The van der Waals surface area contributed by atoms with E-state index in [-0.39, 0.29) is 11.8 Å². The topological polar surface area (TPSA) is 68.2 Å². The first-order valence-electron chi connectivity index (χ1n) is 11.8. The van der Waals surface area contributed by atoms with Crippen LogP contribution in [0, 0.1) is 5.92 Å². The Bertz CT molecular complexity index is 783. The Labute approximate surface area is 185 Å². The molecule has 1 atom stereocenters. The molecule has 31 heavy (non-hydrogen) atoms. The number of amides is 2. The minimum absolute atomic E-state index is 0.166. The van der Waals surface area contributed by atoms with E-state index in [1.807, 2.05) is 7.05 Å². The number of imide groups is 1. The normalized spacial score (nSPS) is 22.4. The predicted octanol–water partition coefficient (Wildman–Crippen LogP) is 2.45. The minimum Gasteiger partial charge on any atom is -0.356 e. The molecule has 3 aliphatic rings. The van der Waals surface area contributed by atoms with Gasteiger partial charge in [0, 0.05) is 39.8 Å². The number of aliphatic imine (C=N–C) groups is 1. The van der Waals surface area contributed by atoms with Gasteiger partial charge in [0.05, 0.1) is 11.1 Å². The van der Waals surface area contributed by atoms with Gasteiger partial charge >= 0.3 is 0 Å². The van der Waals surface area contributed by atoms with Gasteiger partial charge in [-0.05, 0) is 63.2 Å². The van der Waals surface area contributed by atoms with Crippen LogP contribution in [0.15, 0.2) is 29.3 Å². The number of nitrogens with zero attached hydrogens (tertiary/aromatic N) is 4. The molecule has 1 unspecified atom stereocenters. The van der Waals surface area contributed by atoms with E-state index in [2.05, 4.69) is 20.1 Å². The third-order valence-electron chi connectivity index (χ3n) is 6.73. The number of piperidine rings is 1. The summed E-state index contributed by atoms with van der Waals surface area (Å²) < 4.78 is 0. The first kappa shape index (κ1) is 21.8. The van der Waals surface area contributed by atoms with Crippen LogP contribution in [0.1, 0.15) is 59.2 Å². The van der Waals surface area contributed by atoms with Gasteiger partial charge in [-0.1, -0.05) is 18.6 Å². The molecule has 168 valence electrons. The molecule has 1 N–H and O–H groups in total. The van der Waals surface area contributed by atoms with Gasteiger partial charge in [-0.15, -0.1) is 0 Å². The highest BCUT2D eigenvalue weighted by Gasteiger charge is 2.34. The number of carbonyl (C=O) groups excluding carboxylic acids is 2. The SMILES string of the molecule is CN=C(NCCCCN1C(=O)c2ccccc2C1=O)N1CCC(CN2CCCCC2)C1. The number of carbonyl (C=O) groups is 2. The highest BCUT2D eigenvalue weighted by molar-refractivity contribution is 6.21. The molecule has 0 bridgehead atoms. The number of rotatable bonds is 7. The van der Waals surface area contributed by atoms with Crippen LogP contribution >= 0.6 is 0 Å². The summed E-state index contributed by atoms with van der Waals surface area (Å²) in [5.74, 6) is 1.37. The second-order valence-electron chi connectivity index (χ2n) is 8.95. The standard InChI is InChI=1S/C24H35N5O2/c1-25-24(28-16-11-19(18-28)17-27-13-6-2-7-14-27)26-12-5-8-15-29-22(30)20-9-3-4-10-21(20)23(29)31/h3-4,9-10,19H,2,5-8,11-18H2,1H3,(H,25,26). The van der Waals surface area contributed by atoms with Crippen molar-refractivity contribution in [3.8, 4) is 0 Å². The number of hydrogen-bond donors (Lipinski definition) is 1. The number of fused-ring (bicyclic) bond motifs is 1. The molecule has 0 radical (unpaired) electrons. The van der Waals surface area contributed by atoms with Crippen LogP contribution in [-0.4, -0.2) is 85.3 Å². The zero-order chi connectivity index (χ0) is 21.6. The average molecular weight is 426 g/mol. The number of benzene rings is 1. The lowest BCUT2D eigenvalue weighted by atomic mass is 10.1. The van der Waals surface area contributed by atoms with Gasteiger partial charge in [0.25, 0.3) is 11.8 Å². The molecule has 0 aliphatic carbocycles. The van der Waals surface area contributed by atoms with Gasteiger partial charge in [0.1, 0.15) is 0 Å². The molecule has 2 amide bonds. The predicted molar refractivity (Wildman–Crippen MR) is 122 cm³/mol. The molecule has 0 saturated carbocycles. The Morgan fingerprint density at radius 1 is 1.03 bits per heavy atom. The van der Waals surface area contributed by atoms with E-state index in [4.69, 9.17) is 0 Å². The Morgan fingerprint density at radius 2 is 1.74 bits per heavy atom. The molecule has 2 saturated heterocycles. The van der Waals surface area contributed by atoms with Crippen molar-refractivity contribution in [2.75, 3.05) is 52.9 Å². The summed E-state index contributed by atoms with van der Waals surface area (Å²) in [5.41, 5.74) is 1.05. The van der Waals surface area contributed by atoms with Crippen molar-refractivity contribution in [1.82, 2.24) is 20.0 Å². The Balaban J connectivity index is 1.16. The van der Waals surface area contributed by atoms with Crippen molar-refractivity contribution in [2.24, 2.45) is 10.9 Å². The third-order valence-corrected chi connectivity index (χ3v) is 6.73. The zero-order valence-corrected chi connectivity index (χ0v) is 18.7. The third kappa shape index (κ3) is 5.09. The van der Waals surface area contributed by atoms with Crippen molar-refractivity contribution < 1.29 is 9.59 Å². The highest BCUT2D eigenvalue weighted by atomic mass is 16.2. The molecule has 1 aromatic rings. The summed E-state index contributed by atoms with van der Waals surface area (Å²) in [6.45, 7) is 7.14. The van der Waals surface area contributed by atoms with Crippen LogP contribution in [0.3, 0.4) is 0 Å². The minimum atomic E-state index is -0.166. The quantitative estimate of drug-likeness (QED) is 0.315. The van der Waals surface area contributed by atoms with Crippen LogP contribution in [0.5, 0.6) is 0 Å². The molecule has 3 heterocycles. The number of likely N-dealkylation sites (tertiary alicyclic amines) is 2. The zero-order valence-electron chi connectivity index (χ0n) is 18.7. The van der Waals surface area contributed by atoms with E-state index in [9.17, 15) is 9.59 Å². The first-order chi connectivity index (χ1) is 15.2. The molecule has 3 aliphatic heterocycles. The lowest BCUT2D eigenvalue weighted by molar-refractivity contribution is 0.0652. The molecule has 7 heteroatoms. The summed E-state index contributed by atoms with van der Waals surface area (Å²) in [4.78, 5) is 35.7. The average Bonchev–Trinajstić information content (AvgIpc) is 3.35. The van der Waals surface area contributed by atoms with Gasteiger partial charge in [-0.25, -0.2) is 0 Å². The van der Waals surface area contributed by atoms with E-state index < -0.39 is 0 Å². The van der Waals surface area contributed by atoms with Gasteiger partial charge in [0.15, 0.2) is 5.96 Å². The van der Waals surface area contributed by atoms with E-state index in [0.29, 0.717) is 17.7 Å². The van der Waals surface area contributed by atoms with Gasteiger partial charge in [-0.3, -0.25) is 19.5 Å². The summed E-state index contributed by atoms with van der Waals surface area (Å²) in [5, 5.41) is 3.47. The molecule has 0 aromatic heterocycles. The maximum Gasteiger partial charge on any atom is 0.261 e. The van der Waals surface area contributed by atoms with E-state index >= 15 is 0 Å². The smallest absolute Gasteiger partial charge is 0.261 e. The summed E-state index contributed by atoms with van der Waals surface area (Å²) in [6, 6.07) is 7.07. The second-order valence-corrected chi connectivity index (χ2v) is 8.95. The van der Waals surface area contributed by atoms with Crippen molar-refractivity contribution in [2.45, 2.75) is 38.5 Å². The summed E-state index contributed by atoms with van der Waals surface area (Å²) in [6.07, 6.45) is 6.99. The number of unbranched alkanes of at least 4 members (excludes halogenated alkanes) is 1. The highest BCUT2D eigenvalue weighted by Crippen LogP contribution is 2.23. The van der Waals surface area contributed by atoms with E-state index in [0.717, 1.165) is 44.4 Å². The largest absolute Gasteiger partial charge is 0.356 e. The molecule has 0 spiro atoms. The molecular weight excluding hydrogens is 390 g/mol. The fourth-order valence-electron chi connectivity index (χ4n) is 5.05. The Morgan fingerprint density at radius 3 is 2.42 bits per heavy atom. The molecular formula is C24H35N5O2. The van der Waals surface area contributed by atoms with Crippen LogP contribution in [0.25, 0.3) is 0 Å². The first-order valence-corrected chi connectivity index (χ1v) is 11.8. The lowest BCUT2D eigenvalue weighted by Gasteiger charge is -2.29. The second kappa shape index (κ2) is 10.3. The summed E-state index contributed by atoms with van der Waals surface area (Å²) in [7, 11) is 1.85. The van der Waals surface area contributed by atoms with Crippen LogP contribution in [0.4, 0.5) is 0 Å². The van der Waals surface area contributed by atoms with Crippen LogP contribution in [-0.2, 0) is 0 Å². The monoisotopic (exact) mass is 425 g/mol. The van der Waals surface area contributed by atoms with Gasteiger partial charge < -0.3 is 15.1 Å².